The van der Waals surface area contributed by atoms with Crippen LogP contribution in [0.4, 0.5) is 17.1 Å². The molecule has 0 aliphatic rings. The third-order valence-electron chi connectivity index (χ3n) is 14.4. The van der Waals surface area contributed by atoms with Gasteiger partial charge >= 0.3 is 5.97 Å². The molecule has 0 radical (unpaired) electrons. The summed E-state index contributed by atoms with van der Waals surface area (Å²) < 4.78 is 14.5. The summed E-state index contributed by atoms with van der Waals surface area (Å²) in [4.78, 5) is 61.3. The number of non-ortho nitro benzene ring substituents is 1. The molecule has 10 aromatic rings. The van der Waals surface area contributed by atoms with Gasteiger partial charge in [0.15, 0.2) is 39.5 Å². The van der Waals surface area contributed by atoms with Crippen LogP contribution in [0.2, 0.25) is 10.0 Å². The molecule has 0 aliphatic heterocycles. The number of rotatable bonds is 25. The van der Waals surface area contributed by atoms with Gasteiger partial charge in [0, 0.05) is 45.3 Å². The largest absolute Gasteiger partial charge is 0.507 e. The number of anilines is 2. The van der Waals surface area contributed by atoms with Gasteiger partial charge < -0.3 is 35.4 Å². The first-order chi connectivity index (χ1) is 43.0. The van der Waals surface area contributed by atoms with Crippen LogP contribution in [-0.4, -0.2) is 111 Å². The van der Waals surface area contributed by atoms with Gasteiger partial charge in [0.2, 0.25) is 11.8 Å². The zero-order valence-electron chi connectivity index (χ0n) is 50.7. The minimum absolute atomic E-state index is 0.00149. The molecule has 0 spiro atoms. The van der Waals surface area contributed by atoms with Crippen LogP contribution in [0.25, 0.3) is 81.4 Å². The Balaban J connectivity index is 0.000000191. The van der Waals surface area contributed by atoms with Crippen molar-refractivity contribution >= 4 is 106 Å². The number of nitro benzene ring substituents is 1. The van der Waals surface area contributed by atoms with Crippen LogP contribution in [0.5, 0.6) is 22.3 Å². The van der Waals surface area contributed by atoms with Gasteiger partial charge in [-0.25, -0.2) is 15.0 Å². The smallest absolute Gasteiger partial charge is 0.306 e. The Hall–Kier alpha value is -9.40. The molecule has 10 rings (SSSR count). The Morgan fingerprint density at radius 2 is 1.19 bits per heavy atom. The Labute approximate surface area is 530 Å². The molecule has 0 unspecified atom stereocenters. The number of nitrogens with one attached hydrogen (secondary N) is 2. The number of esters is 1. The highest BCUT2D eigenvalue weighted by Crippen LogP contribution is 2.40. The van der Waals surface area contributed by atoms with Crippen molar-refractivity contribution in [3.63, 3.8) is 0 Å². The summed E-state index contributed by atoms with van der Waals surface area (Å²) in [5, 5.41) is 75.4. The quantitative estimate of drug-likeness (QED) is 0.0154. The van der Waals surface area contributed by atoms with Crippen LogP contribution >= 0.6 is 34.5 Å². The minimum atomic E-state index is -0.725. The number of phenols is 3. The van der Waals surface area contributed by atoms with Gasteiger partial charge in [-0.15, -0.1) is 34.3 Å². The number of methoxy groups -OCH3 is 1. The first-order valence-corrected chi connectivity index (χ1v) is 30.8. The molecule has 25 nitrogen and oxygen atoms in total. The molecule has 472 valence electrons. The highest BCUT2D eigenvalue weighted by Gasteiger charge is 2.24. The van der Waals surface area contributed by atoms with E-state index in [4.69, 9.17) is 32.7 Å². The summed E-state index contributed by atoms with van der Waals surface area (Å²) in [6.45, 7) is 21.7. The average Bonchev–Trinajstić information content (AvgIpc) is 1.67. The van der Waals surface area contributed by atoms with Crippen LogP contribution in [0.3, 0.4) is 0 Å². The summed E-state index contributed by atoms with van der Waals surface area (Å²) in [6.07, 6.45) is 15.0. The van der Waals surface area contributed by atoms with E-state index >= 15 is 0 Å². The number of phenolic OH excluding ortho intramolecular Hbond substituents is 3. The minimum Gasteiger partial charge on any atom is -0.507 e. The highest BCUT2D eigenvalue weighted by molar-refractivity contribution is 7.17. The molecular weight excluding hydrogens is 1220 g/mol. The molecule has 0 fully saturated rings. The molecule has 28 heteroatoms. The molecule has 0 aliphatic carbocycles. The van der Waals surface area contributed by atoms with Crippen LogP contribution < -0.4 is 31.0 Å². The van der Waals surface area contributed by atoms with E-state index < -0.39 is 22.1 Å². The number of hydrogen-bond donors (Lipinski definition) is 5. The number of hydrogen-bond acceptors (Lipinski definition) is 20. The summed E-state index contributed by atoms with van der Waals surface area (Å²) >= 11 is 13.1. The summed E-state index contributed by atoms with van der Waals surface area (Å²) in [5.74, 6) is -1.51. The number of amides is 2. The third-order valence-corrected chi connectivity index (χ3v) is 16.2. The fourth-order valence-corrected chi connectivity index (χ4v) is 10.4. The number of carbonyl (C=O) groups excluding carboxylic acids is 3. The number of thiophene rings is 1. The fourth-order valence-electron chi connectivity index (χ4n) is 9.25. The molecule has 5 N–H and O–H groups in total. The van der Waals surface area contributed by atoms with E-state index in [1.54, 1.807) is 39.2 Å². The van der Waals surface area contributed by atoms with Crippen molar-refractivity contribution in [2.45, 2.75) is 125 Å². The van der Waals surface area contributed by atoms with Gasteiger partial charge in [-0.05, 0) is 56.7 Å². The van der Waals surface area contributed by atoms with Crippen molar-refractivity contribution in [1.82, 2.24) is 59.4 Å². The SMILES string of the molecule is C=c1c(-c2ccc(OC)s2)nn2nc(-c3c(O)cc([N+](=O)[O-])cc3O)nc12.C=c1c(C)nn2nc(-c3cc(Cl)c(Cl)cc3O)nc12.C=c1c(C)nn2nc(-c3ccc(NC(=O)CCC(=O)OCCCCCCCCCCCCCC)cc3NC(=O)C(C)C)nc12. The number of benzene rings is 3. The topological polar surface area (TPSA) is 327 Å². The average molecular weight is 1290 g/mol. The number of fused-ring (bicyclic) bond motifs is 3. The lowest BCUT2D eigenvalue weighted by Crippen LogP contribution is -2.19. The second kappa shape index (κ2) is 30.2. The third kappa shape index (κ3) is 16.3. The lowest BCUT2D eigenvalue weighted by molar-refractivity contribution is -0.385. The van der Waals surface area contributed by atoms with Gasteiger partial charge in [-0.3, -0.25) is 24.5 Å². The van der Waals surface area contributed by atoms with E-state index in [0.29, 0.717) is 84.1 Å². The molecule has 0 atom stereocenters. The van der Waals surface area contributed by atoms with Gasteiger partial charge in [0.25, 0.3) is 5.69 Å². The maximum absolute atomic E-state index is 12.6. The monoisotopic (exact) mass is 1290 g/mol. The fraction of sp³-hybridized carbons (Fsp3) is 0.355. The molecule has 0 bridgehead atoms. The number of aromatic hydroxyl groups is 3. The number of carbonyl (C=O) groups is 3. The second-order valence-corrected chi connectivity index (χ2v) is 23.3. The Bertz CT molecular complexity index is 4360. The second-order valence-electron chi connectivity index (χ2n) is 21.5. The highest BCUT2D eigenvalue weighted by atomic mass is 35.5. The van der Waals surface area contributed by atoms with Gasteiger partial charge in [0.1, 0.15) is 28.5 Å². The number of aromatic nitrogens is 12. The molecule has 7 aromatic heterocycles. The first-order valence-electron chi connectivity index (χ1n) is 29.2. The molecule has 0 saturated carbocycles. The number of nitro groups is 1. The van der Waals surface area contributed by atoms with Crippen molar-refractivity contribution in [3.8, 4) is 67.0 Å². The van der Waals surface area contributed by atoms with Crippen molar-refractivity contribution in [3.05, 3.63) is 102 Å². The molecular formula is C62H69Cl2N15O10S. The number of aryl methyl sites for hydroxylation is 2. The lowest BCUT2D eigenvalue weighted by atomic mass is 10.1. The van der Waals surface area contributed by atoms with Crippen LogP contribution in [0, 0.1) is 29.9 Å². The Morgan fingerprint density at radius 1 is 0.656 bits per heavy atom. The van der Waals surface area contributed by atoms with E-state index in [1.165, 1.54) is 95.1 Å². The van der Waals surface area contributed by atoms with Crippen molar-refractivity contribution in [1.29, 1.82) is 0 Å². The van der Waals surface area contributed by atoms with Crippen LogP contribution in [0.1, 0.15) is 122 Å². The van der Waals surface area contributed by atoms with E-state index in [9.17, 15) is 39.8 Å². The van der Waals surface area contributed by atoms with Gasteiger partial charge in [-0.2, -0.15) is 10.2 Å². The van der Waals surface area contributed by atoms with Crippen molar-refractivity contribution in [2.24, 2.45) is 5.92 Å². The van der Waals surface area contributed by atoms with Crippen molar-refractivity contribution in [2.75, 3.05) is 24.4 Å². The molecule has 2 amide bonds. The standard InChI is InChI=1S/C34H50N6O4.C16H11N5O5S.C12H8Cl2N4O/c1-6-7-8-9-10-11-12-13-14-15-16-17-22-44-31(42)21-20-30(41)35-27-18-19-28(29(23-27)36-34(43)24(2)3)32-37-33-25(4)26(5)38-40(33)39-32;1-7-14(11-3-4-12(26-2)27-11)18-20-16(7)17-15(19-20)13-9(22)5-8(21(24)25)6-10(13)23;1-5-6(2)16-18-12(5)15-11(17-18)7-3-8(13)9(14)4-10(7)19/h18-19,23-24H,4,6-17,20-22H2,1-3,5H3,(H,35,41)(H,36,43);3-6,22-23H,1H2,2H3;3-4,19H,1H2,2H3. The molecule has 90 heavy (non-hydrogen) atoms. The zero-order chi connectivity index (χ0) is 64.9. The van der Waals surface area contributed by atoms with E-state index in [2.05, 4.69) is 82.8 Å². The predicted octanol–water partition coefficient (Wildman–Crippen LogP) is 11.0. The first kappa shape index (κ1) is 66.6. The van der Waals surface area contributed by atoms with Gasteiger partial charge in [-0.1, -0.05) is 146 Å². The Kier molecular flexibility index (Phi) is 22.3. The summed E-state index contributed by atoms with van der Waals surface area (Å²) in [6, 6.07) is 13.5. The van der Waals surface area contributed by atoms with Crippen LogP contribution in [-0.2, 0) is 19.1 Å². The molecule has 3 aromatic carbocycles. The van der Waals surface area contributed by atoms with Crippen LogP contribution in [0.15, 0.2) is 54.6 Å². The Morgan fingerprint density at radius 3 is 1.73 bits per heavy atom. The number of ether oxygens (including phenoxy) is 2. The summed E-state index contributed by atoms with van der Waals surface area (Å²) in [5.41, 5.74) is 4.88. The summed E-state index contributed by atoms with van der Waals surface area (Å²) in [7, 11) is 1.57. The van der Waals surface area contributed by atoms with Crippen molar-refractivity contribution < 1.29 is 44.1 Å². The molecule has 0 saturated heterocycles. The normalized spacial score (nSPS) is 11.3. The lowest BCUT2D eigenvalue weighted by Gasteiger charge is -2.13. The number of nitrogens with zero attached hydrogens (tertiary/aromatic N) is 13. The van der Waals surface area contributed by atoms with E-state index in [1.807, 2.05) is 26.0 Å². The van der Waals surface area contributed by atoms with E-state index in [-0.39, 0.29) is 58.7 Å². The zero-order valence-corrected chi connectivity index (χ0v) is 53.0. The maximum Gasteiger partial charge on any atom is 0.306 e. The number of halogens is 2. The van der Waals surface area contributed by atoms with Gasteiger partial charge in [0.05, 0.1) is 74.8 Å². The predicted molar refractivity (Wildman–Crippen MR) is 345 cm³/mol. The maximum atomic E-state index is 12.6. The van der Waals surface area contributed by atoms with E-state index in [0.717, 1.165) is 52.7 Å². The number of unbranched alkanes of at least 4 members (excludes halogenated alkanes) is 11. The molecule has 7 heterocycles.